The van der Waals surface area contributed by atoms with Crippen LogP contribution in [0.25, 0.3) is 10.9 Å². The first kappa shape index (κ1) is 18.5. The molecule has 6 nitrogen and oxygen atoms in total. The maximum absolute atomic E-state index is 13.2. The van der Waals surface area contributed by atoms with Gasteiger partial charge in [0.1, 0.15) is 0 Å². The van der Waals surface area contributed by atoms with Crippen LogP contribution in [0.4, 0.5) is 0 Å². The van der Waals surface area contributed by atoms with Gasteiger partial charge in [0.15, 0.2) is 11.5 Å². The number of hydrogen-bond acceptors (Lipinski definition) is 4. The van der Waals surface area contributed by atoms with Crippen molar-refractivity contribution >= 4 is 28.4 Å². The molecule has 0 fully saturated rings. The average Bonchev–Trinajstić information content (AvgIpc) is 3.09. The second-order valence-electron chi connectivity index (χ2n) is 6.66. The Hall–Kier alpha value is -2.86. The standard InChI is InChI=1S/C21H21ClN2O4/c1-26-18-8-12(9-19(27-2)20(18)28-3)21(25)24-7-6-17-15(11-24)14-10-13(22)4-5-16(14)23-17/h4-5,8-10,23H,6-7,11H2,1-3H3. The summed E-state index contributed by atoms with van der Waals surface area (Å²) in [5.41, 5.74) is 3.81. The highest BCUT2D eigenvalue weighted by Crippen LogP contribution is 2.39. The van der Waals surface area contributed by atoms with Gasteiger partial charge in [-0.3, -0.25) is 4.79 Å². The number of amides is 1. The van der Waals surface area contributed by atoms with Crippen LogP contribution < -0.4 is 14.2 Å². The van der Waals surface area contributed by atoms with E-state index in [0.29, 0.717) is 40.9 Å². The van der Waals surface area contributed by atoms with Gasteiger partial charge in [0.2, 0.25) is 5.75 Å². The van der Waals surface area contributed by atoms with Crippen LogP contribution in [0.5, 0.6) is 17.2 Å². The van der Waals surface area contributed by atoms with Gasteiger partial charge >= 0.3 is 0 Å². The van der Waals surface area contributed by atoms with Gasteiger partial charge in [-0.15, -0.1) is 0 Å². The lowest BCUT2D eigenvalue weighted by Gasteiger charge is -2.28. The van der Waals surface area contributed by atoms with E-state index in [4.69, 9.17) is 25.8 Å². The maximum atomic E-state index is 13.2. The average molecular weight is 401 g/mol. The third-order valence-corrected chi connectivity index (χ3v) is 5.37. The van der Waals surface area contributed by atoms with Crippen LogP contribution in [-0.4, -0.2) is 43.7 Å². The number of nitrogens with one attached hydrogen (secondary N) is 1. The molecule has 28 heavy (non-hydrogen) atoms. The van der Waals surface area contributed by atoms with Gasteiger partial charge < -0.3 is 24.1 Å². The van der Waals surface area contributed by atoms with Crippen molar-refractivity contribution in [1.82, 2.24) is 9.88 Å². The Labute approximate surface area is 167 Å². The number of H-pyrrole nitrogens is 1. The Morgan fingerprint density at radius 3 is 2.43 bits per heavy atom. The number of methoxy groups -OCH3 is 3. The highest BCUT2D eigenvalue weighted by atomic mass is 35.5. The highest BCUT2D eigenvalue weighted by molar-refractivity contribution is 6.31. The van der Waals surface area contributed by atoms with Gasteiger partial charge in [0.05, 0.1) is 21.3 Å². The zero-order valence-corrected chi connectivity index (χ0v) is 16.7. The Morgan fingerprint density at radius 2 is 1.79 bits per heavy atom. The summed E-state index contributed by atoms with van der Waals surface area (Å²) in [6.07, 6.45) is 0.762. The van der Waals surface area contributed by atoms with E-state index in [1.807, 2.05) is 23.1 Å². The minimum absolute atomic E-state index is 0.0821. The number of hydrogen-bond donors (Lipinski definition) is 1. The summed E-state index contributed by atoms with van der Waals surface area (Å²) in [7, 11) is 4.61. The second kappa shape index (κ2) is 7.28. The van der Waals surface area contributed by atoms with Crippen molar-refractivity contribution in [2.45, 2.75) is 13.0 Å². The molecular weight excluding hydrogens is 380 g/mol. The second-order valence-corrected chi connectivity index (χ2v) is 7.10. The molecule has 0 radical (unpaired) electrons. The Morgan fingerprint density at radius 1 is 1.07 bits per heavy atom. The summed E-state index contributed by atoms with van der Waals surface area (Å²) in [6, 6.07) is 9.16. The van der Waals surface area contributed by atoms with Crippen molar-refractivity contribution in [3.63, 3.8) is 0 Å². The lowest BCUT2D eigenvalue weighted by molar-refractivity contribution is 0.0734. The van der Waals surface area contributed by atoms with E-state index in [-0.39, 0.29) is 5.91 Å². The molecule has 0 atom stereocenters. The third kappa shape index (κ3) is 3.03. The molecule has 1 amide bonds. The summed E-state index contributed by atoms with van der Waals surface area (Å²) in [5.74, 6) is 1.30. The van der Waals surface area contributed by atoms with Gasteiger partial charge in [-0.05, 0) is 30.3 Å². The molecule has 0 saturated heterocycles. The van der Waals surface area contributed by atoms with E-state index in [1.165, 1.54) is 21.3 Å². The predicted molar refractivity (Wildman–Crippen MR) is 108 cm³/mol. The molecule has 0 unspecified atom stereocenters. The molecule has 0 bridgehead atoms. The van der Waals surface area contributed by atoms with E-state index in [2.05, 4.69) is 4.98 Å². The third-order valence-electron chi connectivity index (χ3n) is 5.14. The maximum Gasteiger partial charge on any atom is 0.254 e. The number of benzene rings is 2. The number of nitrogens with zero attached hydrogens (tertiary/aromatic N) is 1. The summed E-state index contributed by atoms with van der Waals surface area (Å²) < 4.78 is 16.1. The quantitative estimate of drug-likeness (QED) is 0.717. The molecule has 2 aromatic carbocycles. The lowest BCUT2D eigenvalue weighted by atomic mass is 10.0. The Balaban J connectivity index is 1.69. The molecular formula is C21H21ClN2O4. The number of aromatic nitrogens is 1. The highest BCUT2D eigenvalue weighted by Gasteiger charge is 2.26. The van der Waals surface area contributed by atoms with Crippen molar-refractivity contribution in [2.24, 2.45) is 0 Å². The monoisotopic (exact) mass is 400 g/mol. The molecule has 4 rings (SSSR count). The molecule has 7 heteroatoms. The van der Waals surface area contributed by atoms with E-state index in [0.717, 1.165) is 28.6 Å². The number of halogens is 1. The topological polar surface area (TPSA) is 63.8 Å². The van der Waals surface area contributed by atoms with E-state index in [9.17, 15) is 4.79 Å². The molecule has 0 saturated carbocycles. The zero-order valence-electron chi connectivity index (χ0n) is 16.0. The van der Waals surface area contributed by atoms with Crippen molar-refractivity contribution in [3.05, 3.63) is 52.2 Å². The Bertz CT molecular complexity index is 1030. The largest absolute Gasteiger partial charge is 0.493 e. The van der Waals surface area contributed by atoms with Crippen LogP contribution in [0.3, 0.4) is 0 Å². The minimum atomic E-state index is -0.0821. The van der Waals surface area contributed by atoms with E-state index >= 15 is 0 Å². The van der Waals surface area contributed by atoms with Crippen molar-refractivity contribution in [2.75, 3.05) is 27.9 Å². The summed E-state index contributed by atoms with van der Waals surface area (Å²) in [5, 5.41) is 1.74. The van der Waals surface area contributed by atoms with E-state index in [1.54, 1.807) is 12.1 Å². The number of carbonyl (C=O) groups is 1. The molecule has 0 spiro atoms. The first-order chi connectivity index (χ1) is 13.5. The molecule has 3 aromatic rings. The van der Waals surface area contributed by atoms with Crippen LogP contribution in [0, 0.1) is 0 Å². The van der Waals surface area contributed by atoms with Gasteiger partial charge in [0, 0.05) is 52.3 Å². The zero-order chi connectivity index (χ0) is 19.8. The van der Waals surface area contributed by atoms with Crippen LogP contribution in [0.2, 0.25) is 5.02 Å². The normalized spacial score (nSPS) is 13.4. The van der Waals surface area contributed by atoms with Gasteiger partial charge in [0.25, 0.3) is 5.91 Å². The molecule has 1 aliphatic rings. The first-order valence-electron chi connectivity index (χ1n) is 8.94. The number of rotatable bonds is 4. The van der Waals surface area contributed by atoms with E-state index < -0.39 is 0 Å². The van der Waals surface area contributed by atoms with Gasteiger partial charge in [-0.2, -0.15) is 0 Å². The van der Waals surface area contributed by atoms with Crippen molar-refractivity contribution in [3.8, 4) is 17.2 Å². The van der Waals surface area contributed by atoms with Crippen molar-refractivity contribution in [1.29, 1.82) is 0 Å². The summed E-state index contributed by atoms with van der Waals surface area (Å²) in [4.78, 5) is 18.5. The number of aromatic amines is 1. The fourth-order valence-corrected chi connectivity index (χ4v) is 3.92. The number of ether oxygens (including phenoxy) is 3. The fraction of sp³-hybridized carbons (Fsp3) is 0.286. The van der Waals surface area contributed by atoms with Crippen LogP contribution in [0.15, 0.2) is 30.3 Å². The molecule has 0 aliphatic carbocycles. The lowest BCUT2D eigenvalue weighted by Crippen LogP contribution is -2.35. The van der Waals surface area contributed by atoms with Gasteiger partial charge in [-0.25, -0.2) is 0 Å². The van der Waals surface area contributed by atoms with Crippen molar-refractivity contribution < 1.29 is 19.0 Å². The smallest absolute Gasteiger partial charge is 0.254 e. The Kier molecular flexibility index (Phi) is 4.81. The minimum Gasteiger partial charge on any atom is -0.493 e. The van der Waals surface area contributed by atoms with Gasteiger partial charge in [-0.1, -0.05) is 11.6 Å². The number of carbonyl (C=O) groups excluding carboxylic acids is 1. The molecule has 1 N–H and O–H groups in total. The first-order valence-corrected chi connectivity index (χ1v) is 9.31. The predicted octanol–water partition coefficient (Wildman–Crippen LogP) is 4.05. The molecule has 146 valence electrons. The fourth-order valence-electron chi connectivity index (χ4n) is 3.75. The van der Waals surface area contributed by atoms with Crippen LogP contribution in [-0.2, 0) is 13.0 Å². The SMILES string of the molecule is COc1cc(C(=O)N2CCc3[nH]c4ccc(Cl)cc4c3C2)cc(OC)c1OC. The summed E-state index contributed by atoms with van der Waals surface area (Å²) in [6.45, 7) is 1.15. The van der Waals surface area contributed by atoms with Crippen LogP contribution in [0.1, 0.15) is 21.6 Å². The molecule has 1 aliphatic heterocycles. The molecule has 1 aromatic heterocycles. The number of fused-ring (bicyclic) bond motifs is 3. The van der Waals surface area contributed by atoms with Crippen LogP contribution >= 0.6 is 11.6 Å². The molecule has 2 heterocycles. The summed E-state index contributed by atoms with van der Waals surface area (Å²) >= 11 is 6.17.